The molecule has 1 aliphatic carbocycles. The fourth-order valence-corrected chi connectivity index (χ4v) is 1.10. The summed E-state index contributed by atoms with van der Waals surface area (Å²) in [6.07, 6.45) is 4.98. The lowest BCUT2D eigenvalue weighted by molar-refractivity contribution is -0.111. The van der Waals surface area contributed by atoms with Crippen molar-refractivity contribution >= 4 is 6.29 Å². The Labute approximate surface area is 51.5 Å². The van der Waals surface area contributed by atoms with E-state index in [2.05, 4.69) is 0 Å². The molecule has 1 aliphatic rings. The first-order chi connectivity index (χ1) is 4.34. The Morgan fingerprint density at radius 1 is 1.50 bits per heavy atom. The summed E-state index contributed by atoms with van der Waals surface area (Å²) < 4.78 is 7.40. The van der Waals surface area contributed by atoms with Crippen molar-refractivity contribution in [2.45, 2.75) is 32.1 Å². The highest BCUT2D eigenvalue weighted by atomic mass is 16.1. The van der Waals surface area contributed by atoms with Gasteiger partial charge in [-0.25, -0.2) is 0 Å². The maximum Gasteiger partial charge on any atom is 0.123 e. The van der Waals surface area contributed by atoms with Crippen LogP contribution in [0.15, 0.2) is 0 Å². The standard InChI is InChI=1S/C7H12O/c8-6-7-4-2-1-3-5-7/h6-7H,1-5H2/i4T. The number of rotatable bonds is 1. The molecular formula is C7H12O. The number of carbonyl (C=O) groups excluding carboxylic acids is 1. The van der Waals surface area contributed by atoms with Gasteiger partial charge in [-0.3, -0.25) is 0 Å². The maximum absolute atomic E-state index is 10.3. The van der Waals surface area contributed by atoms with Crippen molar-refractivity contribution in [1.29, 1.82) is 0 Å². The van der Waals surface area contributed by atoms with Crippen molar-refractivity contribution in [3.63, 3.8) is 0 Å². The third kappa shape index (κ3) is 1.32. The predicted molar refractivity (Wildman–Crippen MR) is 32.6 cm³/mol. The van der Waals surface area contributed by atoms with Gasteiger partial charge in [-0.05, 0) is 12.8 Å². The number of hydrogen-bond donors (Lipinski definition) is 0. The van der Waals surface area contributed by atoms with Gasteiger partial charge < -0.3 is 4.79 Å². The summed E-state index contributed by atoms with van der Waals surface area (Å²) in [7, 11) is 0. The van der Waals surface area contributed by atoms with Crippen LogP contribution >= 0.6 is 0 Å². The molecule has 1 nitrogen and oxygen atoms in total. The lowest BCUT2D eigenvalue weighted by Crippen LogP contribution is -2.06. The highest BCUT2D eigenvalue weighted by Crippen LogP contribution is 2.21. The highest BCUT2D eigenvalue weighted by molar-refractivity contribution is 5.53. The topological polar surface area (TPSA) is 17.1 Å². The fraction of sp³-hybridized carbons (Fsp3) is 0.857. The molecule has 1 fully saturated rings. The van der Waals surface area contributed by atoms with Crippen molar-refractivity contribution in [1.82, 2.24) is 0 Å². The quantitative estimate of drug-likeness (QED) is 0.475. The van der Waals surface area contributed by atoms with Gasteiger partial charge in [-0.15, -0.1) is 0 Å². The Kier molecular flexibility index (Phi) is 1.62. The second kappa shape index (κ2) is 2.85. The Morgan fingerprint density at radius 2 is 2.38 bits per heavy atom. The third-order valence-electron chi connectivity index (χ3n) is 1.64. The van der Waals surface area contributed by atoms with Crippen molar-refractivity contribution in [3.05, 3.63) is 0 Å². The minimum absolute atomic E-state index is 0.0405. The molecular weight excluding hydrogens is 100 g/mol. The molecule has 0 amide bonds. The minimum atomic E-state index is -0.101. The second-order valence-corrected chi connectivity index (χ2v) is 2.32. The first-order valence-electron chi connectivity index (χ1n) is 3.80. The molecule has 46 valence electrons. The van der Waals surface area contributed by atoms with Crippen LogP contribution in [0.5, 0.6) is 0 Å². The zero-order valence-corrected chi connectivity index (χ0v) is 4.97. The van der Waals surface area contributed by atoms with E-state index >= 15 is 0 Å². The van der Waals surface area contributed by atoms with E-state index in [1.807, 2.05) is 0 Å². The number of hydrogen-bond acceptors (Lipinski definition) is 1. The van der Waals surface area contributed by atoms with Crippen LogP contribution in [0.1, 0.15) is 33.5 Å². The highest BCUT2D eigenvalue weighted by Gasteiger charge is 2.10. The van der Waals surface area contributed by atoms with Crippen LogP contribution in [0.4, 0.5) is 0 Å². The largest absolute Gasteiger partial charge is 0.303 e. The first kappa shape index (κ1) is 4.54. The molecule has 0 spiro atoms. The van der Waals surface area contributed by atoms with E-state index in [0.29, 0.717) is 0 Å². The molecule has 8 heavy (non-hydrogen) atoms. The van der Waals surface area contributed by atoms with Gasteiger partial charge in [0, 0.05) is 7.29 Å². The van der Waals surface area contributed by atoms with Crippen LogP contribution in [0.25, 0.3) is 0 Å². The van der Waals surface area contributed by atoms with E-state index in [9.17, 15) is 4.79 Å². The molecule has 0 heterocycles. The third-order valence-corrected chi connectivity index (χ3v) is 1.64. The summed E-state index contributed by atoms with van der Waals surface area (Å²) in [5.41, 5.74) is 0. The van der Waals surface area contributed by atoms with Gasteiger partial charge in [0.2, 0.25) is 0 Å². The van der Waals surface area contributed by atoms with Gasteiger partial charge in [0.25, 0.3) is 0 Å². The summed E-state index contributed by atoms with van der Waals surface area (Å²) in [6.45, 7) is 0. The van der Waals surface area contributed by atoms with Gasteiger partial charge in [-0.2, -0.15) is 0 Å². The second-order valence-electron chi connectivity index (χ2n) is 2.32. The van der Waals surface area contributed by atoms with Gasteiger partial charge in [0.15, 0.2) is 0 Å². The van der Waals surface area contributed by atoms with Crippen molar-refractivity contribution in [2.24, 2.45) is 5.92 Å². The van der Waals surface area contributed by atoms with Crippen molar-refractivity contribution in [2.75, 3.05) is 0 Å². The van der Waals surface area contributed by atoms with E-state index < -0.39 is 0 Å². The van der Waals surface area contributed by atoms with Crippen LogP contribution in [-0.2, 0) is 4.79 Å². The number of aldehydes is 1. The summed E-state index contributed by atoms with van der Waals surface area (Å²) in [4.78, 5) is 10.3. The van der Waals surface area contributed by atoms with E-state index in [-0.39, 0.29) is 12.3 Å². The van der Waals surface area contributed by atoms with E-state index in [1.165, 1.54) is 0 Å². The average Bonchev–Trinajstić information content (AvgIpc) is 1.89. The molecule has 0 aromatic carbocycles. The normalized spacial score (nSPS) is 40.8. The van der Waals surface area contributed by atoms with Gasteiger partial charge in [0.1, 0.15) is 6.29 Å². The van der Waals surface area contributed by atoms with Crippen molar-refractivity contribution in [3.8, 4) is 0 Å². The summed E-state index contributed by atoms with van der Waals surface area (Å²) in [6, 6.07) is 0. The van der Waals surface area contributed by atoms with Gasteiger partial charge in [-0.1, -0.05) is 19.3 Å². The molecule has 2 atom stereocenters. The Bertz CT molecular complexity index is 103. The maximum atomic E-state index is 10.3. The van der Waals surface area contributed by atoms with E-state index in [0.717, 1.165) is 32.0 Å². The van der Waals surface area contributed by atoms with Crippen LogP contribution < -0.4 is 0 Å². The minimum Gasteiger partial charge on any atom is -0.303 e. The Hall–Kier alpha value is -0.330. The molecule has 2 unspecified atom stereocenters. The van der Waals surface area contributed by atoms with Crippen molar-refractivity contribution < 1.29 is 6.17 Å². The summed E-state index contributed by atoms with van der Waals surface area (Å²) in [5.74, 6) is 0.0405. The van der Waals surface area contributed by atoms with Crippen LogP contribution in [0, 0.1) is 5.92 Å². The molecule has 1 saturated carbocycles. The molecule has 0 aromatic heterocycles. The number of carbonyl (C=O) groups is 1. The molecule has 0 aromatic rings. The first-order valence-corrected chi connectivity index (χ1v) is 3.22. The van der Waals surface area contributed by atoms with E-state index in [1.54, 1.807) is 0 Å². The van der Waals surface area contributed by atoms with Crippen LogP contribution in [0.3, 0.4) is 0 Å². The summed E-state index contributed by atoms with van der Waals surface area (Å²) >= 11 is 0. The Balaban J connectivity index is 2.38. The zero-order valence-electron chi connectivity index (χ0n) is 5.97. The molecule has 1 heteroatoms. The average molecular weight is 114 g/mol. The smallest absolute Gasteiger partial charge is 0.123 e. The lowest BCUT2D eigenvalue weighted by Gasteiger charge is -2.14. The van der Waals surface area contributed by atoms with Gasteiger partial charge in [0.05, 0.1) is 0 Å². The summed E-state index contributed by atoms with van der Waals surface area (Å²) in [5, 5.41) is 0. The van der Waals surface area contributed by atoms with Crippen LogP contribution in [0.2, 0.25) is 0 Å². The molecule has 0 saturated heterocycles. The molecule has 1 rings (SSSR count). The Morgan fingerprint density at radius 3 is 2.88 bits per heavy atom. The fourth-order valence-electron chi connectivity index (χ4n) is 1.10. The zero-order chi connectivity index (χ0) is 6.69. The van der Waals surface area contributed by atoms with Gasteiger partial charge >= 0.3 is 0 Å². The molecule has 0 N–H and O–H groups in total. The predicted octanol–water partition coefficient (Wildman–Crippen LogP) is 1.77. The lowest BCUT2D eigenvalue weighted by atomic mass is 9.91. The van der Waals surface area contributed by atoms with E-state index in [4.69, 9.17) is 1.37 Å². The monoisotopic (exact) mass is 114 g/mol. The molecule has 0 aliphatic heterocycles. The molecule has 0 radical (unpaired) electrons. The SMILES string of the molecule is [3H]C1CCCCC1C=O. The van der Waals surface area contributed by atoms with Crippen LogP contribution in [-0.4, -0.2) is 6.29 Å². The molecule has 0 bridgehead atoms.